The fourth-order valence-corrected chi connectivity index (χ4v) is 5.03. The van der Waals surface area contributed by atoms with Gasteiger partial charge in [-0.05, 0) is 47.4 Å². The molecule has 0 aliphatic carbocycles. The minimum Gasteiger partial charge on any atom is -0.354 e. The average Bonchev–Trinajstić information content (AvgIpc) is 2.88. The van der Waals surface area contributed by atoms with Crippen molar-refractivity contribution in [2.75, 3.05) is 23.7 Å². The number of rotatable bonds is 12. The first-order valence-electron chi connectivity index (χ1n) is 12.5. The molecule has 0 bridgehead atoms. The Hall–Kier alpha value is -3.43. The van der Waals surface area contributed by atoms with Crippen molar-refractivity contribution in [3.05, 3.63) is 101 Å². The van der Waals surface area contributed by atoms with E-state index in [0.29, 0.717) is 17.1 Å². The number of sulfonamides is 1. The lowest BCUT2D eigenvalue weighted by molar-refractivity contribution is -0.140. The second-order valence-corrected chi connectivity index (χ2v) is 12.1. The largest absolute Gasteiger partial charge is 0.354 e. The van der Waals surface area contributed by atoms with Crippen LogP contribution in [0.1, 0.15) is 25.0 Å². The third-order valence-electron chi connectivity index (χ3n) is 6.00. The zero-order chi connectivity index (χ0) is 28.6. The third-order valence-corrected chi connectivity index (χ3v) is 7.37. The molecule has 0 aliphatic heterocycles. The van der Waals surface area contributed by atoms with Gasteiger partial charge in [0.05, 0.1) is 11.9 Å². The van der Waals surface area contributed by atoms with Crippen molar-refractivity contribution < 1.29 is 22.4 Å². The Kier molecular flexibility index (Phi) is 10.5. The highest BCUT2D eigenvalue weighted by atomic mass is 35.5. The molecule has 3 aromatic rings. The molecule has 3 rings (SSSR count). The fraction of sp³-hybridized carbons (Fsp3) is 0.310. The quantitative estimate of drug-likeness (QED) is 0.341. The van der Waals surface area contributed by atoms with Gasteiger partial charge in [-0.3, -0.25) is 13.9 Å². The smallest absolute Gasteiger partial charge is 0.244 e. The lowest BCUT2D eigenvalue weighted by Crippen LogP contribution is -2.53. The third kappa shape index (κ3) is 9.07. The number of halogens is 2. The predicted molar refractivity (Wildman–Crippen MR) is 152 cm³/mol. The maximum absolute atomic E-state index is 13.9. The van der Waals surface area contributed by atoms with Crippen LogP contribution in [0.15, 0.2) is 78.9 Å². The number of hydrogen-bond acceptors (Lipinski definition) is 4. The van der Waals surface area contributed by atoms with E-state index in [1.807, 2.05) is 44.2 Å². The molecule has 7 nitrogen and oxygen atoms in total. The summed E-state index contributed by atoms with van der Waals surface area (Å²) in [5, 5.41) is 3.23. The van der Waals surface area contributed by atoms with Crippen molar-refractivity contribution in [1.82, 2.24) is 10.2 Å². The predicted octanol–water partition coefficient (Wildman–Crippen LogP) is 4.66. The van der Waals surface area contributed by atoms with Crippen LogP contribution in [0, 0.1) is 11.7 Å². The van der Waals surface area contributed by atoms with Gasteiger partial charge in [0.2, 0.25) is 21.8 Å². The van der Waals surface area contributed by atoms with Crippen molar-refractivity contribution in [2.24, 2.45) is 5.92 Å². The van der Waals surface area contributed by atoms with Crippen LogP contribution in [0.2, 0.25) is 5.02 Å². The second kappa shape index (κ2) is 13.6. The molecule has 0 aliphatic rings. The maximum Gasteiger partial charge on any atom is 0.244 e. The van der Waals surface area contributed by atoms with Gasteiger partial charge in [0.25, 0.3) is 0 Å². The van der Waals surface area contributed by atoms with Crippen molar-refractivity contribution in [3.8, 4) is 0 Å². The van der Waals surface area contributed by atoms with Crippen LogP contribution in [0.25, 0.3) is 0 Å². The molecule has 0 fully saturated rings. The van der Waals surface area contributed by atoms with Crippen molar-refractivity contribution >= 4 is 39.1 Å². The van der Waals surface area contributed by atoms with E-state index in [4.69, 9.17) is 11.6 Å². The van der Waals surface area contributed by atoms with Crippen LogP contribution >= 0.6 is 11.6 Å². The van der Waals surface area contributed by atoms with Gasteiger partial charge < -0.3 is 10.2 Å². The number of carbonyl (C=O) groups excluding carboxylic acids is 2. The van der Waals surface area contributed by atoms with Crippen molar-refractivity contribution in [3.63, 3.8) is 0 Å². The molecule has 1 N–H and O–H groups in total. The van der Waals surface area contributed by atoms with Gasteiger partial charge in [-0.1, -0.05) is 74.0 Å². The number of carbonyl (C=O) groups is 2. The summed E-state index contributed by atoms with van der Waals surface area (Å²) in [4.78, 5) is 28.8. The monoisotopic (exact) mass is 573 g/mol. The highest BCUT2D eigenvalue weighted by Gasteiger charge is 2.33. The summed E-state index contributed by atoms with van der Waals surface area (Å²) in [6.45, 7) is 3.74. The molecule has 10 heteroatoms. The average molecular weight is 574 g/mol. The molecule has 0 unspecified atom stereocenters. The standard InChI is InChI=1S/C29H33ClFN3O4S/c1-21(2)18-32-29(36)27(16-22-8-5-4-6-9-22)33(19-23-12-14-25(31)15-13-23)28(35)20-34(39(3,37)38)26-11-7-10-24(30)17-26/h4-15,17,21,27H,16,18-20H2,1-3H3,(H,32,36)/t27-/m1/s1. The zero-order valence-electron chi connectivity index (χ0n) is 22.2. The van der Waals surface area contributed by atoms with Crippen LogP contribution in [-0.4, -0.2) is 50.5 Å². The highest BCUT2D eigenvalue weighted by molar-refractivity contribution is 7.92. The summed E-state index contributed by atoms with van der Waals surface area (Å²) >= 11 is 6.10. The molecule has 2 amide bonds. The van der Waals surface area contributed by atoms with E-state index in [1.165, 1.54) is 35.2 Å². The molecule has 3 aromatic carbocycles. The zero-order valence-corrected chi connectivity index (χ0v) is 23.8. The summed E-state index contributed by atoms with van der Waals surface area (Å²) in [6, 6.07) is 20.1. The molecule has 0 radical (unpaired) electrons. The SMILES string of the molecule is CC(C)CNC(=O)[C@@H](Cc1ccccc1)N(Cc1ccc(F)cc1)C(=O)CN(c1cccc(Cl)c1)S(C)(=O)=O. The Morgan fingerprint density at radius 1 is 0.949 bits per heavy atom. The Morgan fingerprint density at radius 2 is 1.62 bits per heavy atom. The van der Waals surface area contributed by atoms with E-state index in [0.717, 1.165) is 16.1 Å². The molecule has 0 aromatic heterocycles. The summed E-state index contributed by atoms with van der Waals surface area (Å²) in [5.74, 6) is -1.21. The lowest BCUT2D eigenvalue weighted by atomic mass is 10.0. The molecule has 0 saturated carbocycles. The number of hydrogen-bond donors (Lipinski definition) is 1. The van der Waals surface area contributed by atoms with E-state index in [-0.39, 0.29) is 30.5 Å². The number of benzene rings is 3. The van der Waals surface area contributed by atoms with Crippen LogP contribution in [0.4, 0.5) is 10.1 Å². The van der Waals surface area contributed by atoms with Gasteiger partial charge >= 0.3 is 0 Å². The number of nitrogens with one attached hydrogen (secondary N) is 1. The summed E-state index contributed by atoms with van der Waals surface area (Å²) in [7, 11) is -3.89. The van der Waals surface area contributed by atoms with Crippen LogP contribution < -0.4 is 9.62 Å². The summed E-state index contributed by atoms with van der Waals surface area (Å²) in [6.07, 6.45) is 1.20. The van der Waals surface area contributed by atoms with Crippen LogP contribution in [-0.2, 0) is 32.6 Å². The molecule has 1 atom stereocenters. The van der Waals surface area contributed by atoms with E-state index in [1.54, 1.807) is 18.2 Å². The van der Waals surface area contributed by atoms with E-state index >= 15 is 0 Å². The van der Waals surface area contributed by atoms with E-state index < -0.39 is 34.3 Å². The molecule has 0 saturated heterocycles. The number of anilines is 1. The molecule has 39 heavy (non-hydrogen) atoms. The Labute approximate surface area is 234 Å². The van der Waals surface area contributed by atoms with Crippen molar-refractivity contribution in [2.45, 2.75) is 32.9 Å². The second-order valence-electron chi connectivity index (χ2n) is 9.74. The minimum absolute atomic E-state index is 0.0289. The molecular weight excluding hydrogens is 541 g/mol. The fourth-order valence-electron chi connectivity index (χ4n) is 4.01. The molecule has 0 heterocycles. The summed E-state index contributed by atoms with van der Waals surface area (Å²) < 4.78 is 40.1. The lowest BCUT2D eigenvalue weighted by Gasteiger charge is -2.33. The molecular formula is C29H33ClFN3O4S. The van der Waals surface area contributed by atoms with Gasteiger partial charge in [0.15, 0.2) is 0 Å². The van der Waals surface area contributed by atoms with Gasteiger partial charge in [0.1, 0.15) is 18.4 Å². The first-order chi connectivity index (χ1) is 18.4. The van der Waals surface area contributed by atoms with Crippen LogP contribution in [0.3, 0.4) is 0 Å². The number of nitrogens with zero attached hydrogens (tertiary/aromatic N) is 2. The minimum atomic E-state index is -3.89. The topological polar surface area (TPSA) is 86.8 Å². The summed E-state index contributed by atoms with van der Waals surface area (Å²) in [5.41, 5.74) is 1.64. The highest BCUT2D eigenvalue weighted by Crippen LogP contribution is 2.23. The van der Waals surface area contributed by atoms with E-state index in [9.17, 15) is 22.4 Å². The molecule has 208 valence electrons. The first kappa shape index (κ1) is 30.1. The Balaban J connectivity index is 2.04. The maximum atomic E-state index is 13.9. The van der Waals surface area contributed by atoms with Crippen molar-refractivity contribution in [1.29, 1.82) is 0 Å². The van der Waals surface area contributed by atoms with Gasteiger partial charge in [0, 0.05) is 24.5 Å². The van der Waals surface area contributed by atoms with Gasteiger partial charge in [-0.15, -0.1) is 0 Å². The Bertz CT molecular complexity index is 1370. The van der Waals surface area contributed by atoms with Gasteiger partial charge in [-0.2, -0.15) is 0 Å². The van der Waals surface area contributed by atoms with E-state index in [2.05, 4.69) is 5.32 Å². The number of amides is 2. The van der Waals surface area contributed by atoms with Crippen LogP contribution in [0.5, 0.6) is 0 Å². The Morgan fingerprint density at radius 3 is 2.21 bits per heavy atom. The van der Waals surface area contributed by atoms with Gasteiger partial charge in [-0.25, -0.2) is 12.8 Å². The first-order valence-corrected chi connectivity index (χ1v) is 14.8. The normalized spacial score (nSPS) is 12.2. The molecule has 0 spiro atoms.